The molecule has 25 heavy (non-hydrogen) atoms. The molecule has 2 aliphatic heterocycles. The minimum Gasteiger partial charge on any atom is -0.381 e. The summed E-state index contributed by atoms with van der Waals surface area (Å²) in [5, 5.41) is 3.12. The lowest BCUT2D eigenvalue weighted by atomic mass is 9.96. The van der Waals surface area contributed by atoms with Gasteiger partial charge in [-0.15, -0.1) is 0 Å². The van der Waals surface area contributed by atoms with Crippen molar-refractivity contribution in [3.63, 3.8) is 0 Å². The minimum absolute atomic E-state index is 0.0545. The average molecular weight is 344 g/mol. The number of nitrogens with one attached hydrogen (secondary N) is 1. The van der Waals surface area contributed by atoms with Crippen molar-refractivity contribution in [1.29, 1.82) is 0 Å². The van der Waals surface area contributed by atoms with Gasteiger partial charge in [-0.25, -0.2) is 0 Å². The van der Waals surface area contributed by atoms with Crippen molar-refractivity contribution in [2.75, 3.05) is 26.3 Å². The molecule has 0 radical (unpaired) electrons. The SMILES string of the molecule is O=C(CC[C@H]1CCCOC1)N[C@H]1CCCN(C(=O)c2ccccc2)C1. The van der Waals surface area contributed by atoms with E-state index in [1.54, 1.807) is 0 Å². The highest BCUT2D eigenvalue weighted by Gasteiger charge is 2.25. The molecular formula is C20H28N2O3. The molecule has 1 N–H and O–H groups in total. The lowest BCUT2D eigenvalue weighted by Gasteiger charge is -2.33. The Bertz CT molecular complexity index is 570. The molecule has 0 spiro atoms. The third-order valence-corrected chi connectivity index (χ3v) is 5.13. The predicted octanol–water partition coefficient (Wildman–Crippen LogP) is 2.61. The van der Waals surface area contributed by atoms with Crippen LogP contribution in [0, 0.1) is 5.92 Å². The maximum absolute atomic E-state index is 12.6. The molecule has 2 atom stereocenters. The van der Waals surface area contributed by atoms with Gasteiger partial charge in [0, 0.05) is 44.3 Å². The highest BCUT2D eigenvalue weighted by molar-refractivity contribution is 5.94. The molecule has 1 aromatic rings. The number of hydrogen-bond donors (Lipinski definition) is 1. The van der Waals surface area contributed by atoms with Crippen LogP contribution in [0.3, 0.4) is 0 Å². The van der Waals surface area contributed by atoms with E-state index in [0.717, 1.165) is 51.9 Å². The summed E-state index contributed by atoms with van der Waals surface area (Å²) in [5.74, 6) is 0.672. The van der Waals surface area contributed by atoms with Crippen molar-refractivity contribution in [3.05, 3.63) is 35.9 Å². The topological polar surface area (TPSA) is 58.6 Å². The molecule has 2 heterocycles. The van der Waals surface area contributed by atoms with Crippen molar-refractivity contribution in [3.8, 4) is 0 Å². The summed E-state index contributed by atoms with van der Waals surface area (Å²) in [6, 6.07) is 9.43. The molecule has 0 bridgehead atoms. The number of carbonyl (C=O) groups is 2. The molecule has 5 heteroatoms. The van der Waals surface area contributed by atoms with Gasteiger partial charge < -0.3 is 15.0 Å². The van der Waals surface area contributed by atoms with E-state index < -0.39 is 0 Å². The van der Waals surface area contributed by atoms with Gasteiger partial charge in [0.05, 0.1) is 0 Å². The molecule has 0 aromatic heterocycles. The van der Waals surface area contributed by atoms with E-state index >= 15 is 0 Å². The van der Waals surface area contributed by atoms with Crippen LogP contribution in [0.15, 0.2) is 30.3 Å². The average Bonchev–Trinajstić information content (AvgIpc) is 2.67. The van der Waals surface area contributed by atoms with Crippen LogP contribution in [-0.2, 0) is 9.53 Å². The smallest absolute Gasteiger partial charge is 0.253 e. The van der Waals surface area contributed by atoms with Crippen LogP contribution in [0.2, 0.25) is 0 Å². The first-order valence-electron chi connectivity index (χ1n) is 9.44. The number of carbonyl (C=O) groups excluding carboxylic acids is 2. The largest absolute Gasteiger partial charge is 0.381 e. The Hall–Kier alpha value is -1.88. The maximum Gasteiger partial charge on any atom is 0.253 e. The molecule has 136 valence electrons. The Labute approximate surface area is 149 Å². The Morgan fingerprint density at radius 3 is 2.76 bits per heavy atom. The summed E-state index contributed by atoms with van der Waals surface area (Å²) >= 11 is 0. The number of piperidine rings is 1. The highest BCUT2D eigenvalue weighted by atomic mass is 16.5. The first-order chi connectivity index (χ1) is 12.2. The summed E-state index contributed by atoms with van der Waals surface area (Å²) in [6.45, 7) is 3.01. The summed E-state index contributed by atoms with van der Waals surface area (Å²) in [4.78, 5) is 26.7. The monoisotopic (exact) mass is 344 g/mol. The summed E-state index contributed by atoms with van der Waals surface area (Å²) in [5.41, 5.74) is 0.715. The molecule has 0 saturated carbocycles. The van der Waals surface area contributed by atoms with Gasteiger partial charge in [0.25, 0.3) is 5.91 Å². The number of hydrogen-bond acceptors (Lipinski definition) is 3. The summed E-state index contributed by atoms with van der Waals surface area (Å²) in [6.07, 6.45) is 5.58. The molecule has 1 aromatic carbocycles. The van der Waals surface area contributed by atoms with Crippen LogP contribution in [0.25, 0.3) is 0 Å². The minimum atomic E-state index is 0.0545. The number of nitrogens with zero attached hydrogens (tertiary/aromatic N) is 1. The second-order valence-corrected chi connectivity index (χ2v) is 7.15. The van der Waals surface area contributed by atoms with Gasteiger partial charge in [-0.2, -0.15) is 0 Å². The standard InChI is InChI=1S/C20H28N2O3/c23-19(11-10-16-6-5-13-25-15-16)21-18-9-4-12-22(14-18)20(24)17-7-2-1-3-8-17/h1-3,7-8,16,18H,4-6,9-15H2,(H,21,23)/t16-,18+/m1/s1. The molecule has 2 amide bonds. The zero-order chi connectivity index (χ0) is 17.5. The van der Waals surface area contributed by atoms with Crippen molar-refractivity contribution in [1.82, 2.24) is 10.2 Å². The van der Waals surface area contributed by atoms with E-state index in [0.29, 0.717) is 24.4 Å². The molecular weight excluding hydrogens is 316 g/mol. The molecule has 3 rings (SSSR count). The Morgan fingerprint density at radius 2 is 2.00 bits per heavy atom. The molecule has 0 aliphatic carbocycles. The van der Waals surface area contributed by atoms with Gasteiger partial charge in [-0.05, 0) is 50.2 Å². The Balaban J connectivity index is 1.44. The third-order valence-electron chi connectivity index (χ3n) is 5.13. The van der Waals surface area contributed by atoms with E-state index in [1.165, 1.54) is 0 Å². The van der Waals surface area contributed by atoms with Gasteiger partial charge in [0.15, 0.2) is 0 Å². The molecule has 5 nitrogen and oxygen atoms in total. The third kappa shape index (κ3) is 5.30. The van der Waals surface area contributed by atoms with Crippen LogP contribution < -0.4 is 5.32 Å². The zero-order valence-electron chi connectivity index (χ0n) is 14.8. The van der Waals surface area contributed by atoms with Gasteiger partial charge in [-0.1, -0.05) is 18.2 Å². The quantitative estimate of drug-likeness (QED) is 0.893. The number of benzene rings is 1. The van der Waals surface area contributed by atoms with Gasteiger partial charge in [-0.3, -0.25) is 9.59 Å². The first kappa shape index (κ1) is 17.9. The fraction of sp³-hybridized carbons (Fsp3) is 0.600. The summed E-state index contributed by atoms with van der Waals surface area (Å²) < 4.78 is 5.47. The predicted molar refractivity (Wildman–Crippen MR) is 96.3 cm³/mol. The van der Waals surface area contributed by atoms with Crippen LogP contribution in [0.1, 0.15) is 48.9 Å². The second-order valence-electron chi connectivity index (χ2n) is 7.15. The lowest BCUT2D eigenvalue weighted by molar-refractivity contribution is -0.122. The maximum atomic E-state index is 12.6. The van der Waals surface area contributed by atoms with E-state index in [2.05, 4.69) is 5.32 Å². The van der Waals surface area contributed by atoms with E-state index in [9.17, 15) is 9.59 Å². The molecule has 2 saturated heterocycles. The number of likely N-dealkylation sites (tertiary alicyclic amines) is 1. The summed E-state index contributed by atoms with van der Waals surface area (Å²) in [7, 11) is 0. The normalized spacial score (nSPS) is 23.9. The van der Waals surface area contributed by atoms with Gasteiger partial charge in [0.1, 0.15) is 0 Å². The molecule has 0 unspecified atom stereocenters. The van der Waals surface area contributed by atoms with Crippen LogP contribution in [0.4, 0.5) is 0 Å². The molecule has 2 fully saturated rings. The Morgan fingerprint density at radius 1 is 1.16 bits per heavy atom. The number of rotatable bonds is 5. The first-order valence-corrected chi connectivity index (χ1v) is 9.44. The molecule has 2 aliphatic rings. The van der Waals surface area contributed by atoms with Crippen molar-refractivity contribution < 1.29 is 14.3 Å². The number of amides is 2. The van der Waals surface area contributed by atoms with Crippen molar-refractivity contribution >= 4 is 11.8 Å². The fourth-order valence-electron chi connectivity index (χ4n) is 3.71. The van der Waals surface area contributed by atoms with Crippen LogP contribution >= 0.6 is 0 Å². The van der Waals surface area contributed by atoms with E-state index in [-0.39, 0.29) is 17.9 Å². The highest BCUT2D eigenvalue weighted by Crippen LogP contribution is 2.19. The Kier molecular flexibility index (Phi) is 6.45. The lowest BCUT2D eigenvalue weighted by Crippen LogP contribution is -2.49. The fourth-order valence-corrected chi connectivity index (χ4v) is 3.71. The van der Waals surface area contributed by atoms with Gasteiger partial charge >= 0.3 is 0 Å². The zero-order valence-corrected chi connectivity index (χ0v) is 14.8. The van der Waals surface area contributed by atoms with Crippen molar-refractivity contribution in [2.24, 2.45) is 5.92 Å². The van der Waals surface area contributed by atoms with Crippen LogP contribution in [-0.4, -0.2) is 49.1 Å². The van der Waals surface area contributed by atoms with E-state index in [1.807, 2.05) is 35.2 Å². The van der Waals surface area contributed by atoms with Crippen molar-refractivity contribution in [2.45, 2.75) is 44.6 Å². The second kappa shape index (κ2) is 8.99. The van der Waals surface area contributed by atoms with Gasteiger partial charge in [0.2, 0.25) is 5.91 Å². The number of ether oxygens (including phenoxy) is 1. The van der Waals surface area contributed by atoms with Crippen LogP contribution in [0.5, 0.6) is 0 Å². The van der Waals surface area contributed by atoms with E-state index in [4.69, 9.17) is 4.74 Å².